The maximum absolute atomic E-state index is 5.23. The standard InChI is InChI=1S/C13H15NO/c1-2-3-4-11-5-7-12(8-6-11)13-9-14-10-15-13/h5-10H,2-4H2,1H3. The van der Waals surface area contributed by atoms with Gasteiger partial charge in [-0.3, -0.25) is 0 Å². The summed E-state index contributed by atoms with van der Waals surface area (Å²) in [6, 6.07) is 8.50. The van der Waals surface area contributed by atoms with E-state index in [4.69, 9.17) is 4.42 Å². The highest BCUT2D eigenvalue weighted by atomic mass is 16.3. The first-order chi connectivity index (χ1) is 7.40. The van der Waals surface area contributed by atoms with Crippen molar-refractivity contribution in [2.75, 3.05) is 0 Å². The normalized spacial score (nSPS) is 10.5. The van der Waals surface area contributed by atoms with Gasteiger partial charge in [-0.05, 0) is 18.4 Å². The molecule has 0 aliphatic heterocycles. The summed E-state index contributed by atoms with van der Waals surface area (Å²) < 4.78 is 5.23. The average Bonchev–Trinajstić information content (AvgIpc) is 2.80. The lowest BCUT2D eigenvalue weighted by Crippen LogP contribution is -1.84. The Morgan fingerprint density at radius 2 is 2.00 bits per heavy atom. The van der Waals surface area contributed by atoms with Crippen molar-refractivity contribution < 1.29 is 4.42 Å². The molecule has 0 N–H and O–H groups in total. The first-order valence-corrected chi connectivity index (χ1v) is 5.38. The summed E-state index contributed by atoms with van der Waals surface area (Å²) in [6.45, 7) is 2.21. The van der Waals surface area contributed by atoms with E-state index in [9.17, 15) is 0 Å². The van der Waals surface area contributed by atoms with Crippen molar-refractivity contribution in [3.8, 4) is 11.3 Å². The van der Waals surface area contributed by atoms with E-state index in [1.54, 1.807) is 6.20 Å². The number of oxazole rings is 1. The van der Waals surface area contributed by atoms with Crippen LogP contribution in [0.4, 0.5) is 0 Å². The second-order valence-corrected chi connectivity index (χ2v) is 3.67. The van der Waals surface area contributed by atoms with Gasteiger partial charge in [0.25, 0.3) is 0 Å². The molecule has 0 atom stereocenters. The lowest BCUT2D eigenvalue weighted by molar-refractivity contribution is 0.572. The molecule has 2 rings (SSSR count). The molecule has 2 nitrogen and oxygen atoms in total. The van der Waals surface area contributed by atoms with Crippen molar-refractivity contribution in [3.05, 3.63) is 42.4 Å². The molecule has 0 aliphatic rings. The predicted molar refractivity (Wildman–Crippen MR) is 60.6 cm³/mol. The van der Waals surface area contributed by atoms with Crippen LogP contribution in [0, 0.1) is 0 Å². The molecular formula is C13H15NO. The predicted octanol–water partition coefficient (Wildman–Crippen LogP) is 3.68. The van der Waals surface area contributed by atoms with Gasteiger partial charge in [0.15, 0.2) is 12.2 Å². The molecule has 0 saturated carbocycles. The molecule has 15 heavy (non-hydrogen) atoms. The third-order valence-electron chi connectivity index (χ3n) is 2.49. The molecule has 1 heterocycles. The third-order valence-corrected chi connectivity index (χ3v) is 2.49. The highest BCUT2D eigenvalue weighted by Crippen LogP contribution is 2.19. The summed E-state index contributed by atoms with van der Waals surface area (Å²) in [5.74, 6) is 0.831. The number of unbranched alkanes of at least 4 members (excludes halogenated alkanes) is 1. The highest BCUT2D eigenvalue weighted by molar-refractivity contribution is 5.56. The van der Waals surface area contributed by atoms with Gasteiger partial charge in [0, 0.05) is 5.56 Å². The number of rotatable bonds is 4. The van der Waals surface area contributed by atoms with Crippen molar-refractivity contribution in [3.63, 3.8) is 0 Å². The van der Waals surface area contributed by atoms with Gasteiger partial charge in [-0.25, -0.2) is 4.98 Å². The fourth-order valence-corrected chi connectivity index (χ4v) is 1.57. The summed E-state index contributed by atoms with van der Waals surface area (Å²) >= 11 is 0. The minimum atomic E-state index is 0.831. The van der Waals surface area contributed by atoms with Gasteiger partial charge in [0.1, 0.15) is 0 Å². The molecule has 2 aromatic rings. The SMILES string of the molecule is CCCCc1ccc(-c2cnco2)cc1. The second-order valence-electron chi connectivity index (χ2n) is 3.67. The van der Waals surface area contributed by atoms with Gasteiger partial charge in [-0.2, -0.15) is 0 Å². The van der Waals surface area contributed by atoms with Crippen LogP contribution in [0.15, 0.2) is 41.3 Å². The van der Waals surface area contributed by atoms with Crippen LogP contribution < -0.4 is 0 Å². The van der Waals surface area contributed by atoms with Gasteiger partial charge < -0.3 is 4.42 Å². The van der Waals surface area contributed by atoms with Crippen molar-refractivity contribution in [1.29, 1.82) is 0 Å². The van der Waals surface area contributed by atoms with E-state index in [0.717, 1.165) is 17.7 Å². The molecule has 0 radical (unpaired) electrons. The average molecular weight is 201 g/mol. The molecule has 0 fully saturated rings. The Kier molecular flexibility index (Phi) is 3.18. The Balaban J connectivity index is 2.11. The number of aryl methyl sites for hydroxylation is 1. The van der Waals surface area contributed by atoms with Crippen LogP contribution in [0.1, 0.15) is 25.3 Å². The topological polar surface area (TPSA) is 26.0 Å². The fourth-order valence-electron chi connectivity index (χ4n) is 1.57. The largest absolute Gasteiger partial charge is 0.444 e. The maximum Gasteiger partial charge on any atom is 0.181 e. The maximum atomic E-state index is 5.23. The number of nitrogens with zero attached hydrogens (tertiary/aromatic N) is 1. The molecule has 0 unspecified atom stereocenters. The number of hydrogen-bond donors (Lipinski definition) is 0. The lowest BCUT2D eigenvalue weighted by Gasteiger charge is -2.00. The molecule has 0 amide bonds. The van der Waals surface area contributed by atoms with E-state index in [1.807, 2.05) is 0 Å². The van der Waals surface area contributed by atoms with Gasteiger partial charge in [-0.1, -0.05) is 37.6 Å². The Labute approximate surface area is 90.0 Å². The Morgan fingerprint density at radius 3 is 2.60 bits per heavy atom. The van der Waals surface area contributed by atoms with Crippen LogP contribution in [0.2, 0.25) is 0 Å². The minimum absolute atomic E-state index is 0.831. The first kappa shape index (κ1) is 9.97. The third kappa shape index (κ3) is 2.46. The molecule has 0 bridgehead atoms. The monoisotopic (exact) mass is 201 g/mol. The molecule has 0 saturated heterocycles. The molecular weight excluding hydrogens is 186 g/mol. The minimum Gasteiger partial charge on any atom is -0.444 e. The van der Waals surface area contributed by atoms with Gasteiger partial charge in [-0.15, -0.1) is 0 Å². The Hall–Kier alpha value is -1.57. The Bertz CT molecular complexity index is 389. The van der Waals surface area contributed by atoms with Crippen LogP contribution in [0.25, 0.3) is 11.3 Å². The lowest BCUT2D eigenvalue weighted by atomic mass is 10.1. The van der Waals surface area contributed by atoms with Crippen molar-refractivity contribution in [2.45, 2.75) is 26.2 Å². The molecule has 2 heteroatoms. The van der Waals surface area contributed by atoms with Gasteiger partial charge in [0.05, 0.1) is 6.20 Å². The van der Waals surface area contributed by atoms with E-state index < -0.39 is 0 Å². The molecule has 0 spiro atoms. The van der Waals surface area contributed by atoms with Gasteiger partial charge in [0.2, 0.25) is 0 Å². The summed E-state index contributed by atoms with van der Waals surface area (Å²) in [4.78, 5) is 3.90. The van der Waals surface area contributed by atoms with Gasteiger partial charge >= 0.3 is 0 Å². The van der Waals surface area contributed by atoms with E-state index in [1.165, 1.54) is 24.8 Å². The van der Waals surface area contributed by atoms with Crippen LogP contribution in [-0.4, -0.2) is 4.98 Å². The van der Waals surface area contributed by atoms with E-state index in [-0.39, 0.29) is 0 Å². The van der Waals surface area contributed by atoms with Crippen molar-refractivity contribution >= 4 is 0 Å². The van der Waals surface area contributed by atoms with Crippen LogP contribution in [-0.2, 0) is 6.42 Å². The number of aromatic nitrogens is 1. The van der Waals surface area contributed by atoms with E-state index >= 15 is 0 Å². The van der Waals surface area contributed by atoms with Crippen molar-refractivity contribution in [1.82, 2.24) is 4.98 Å². The summed E-state index contributed by atoms with van der Waals surface area (Å²) in [6.07, 6.45) is 6.85. The molecule has 1 aromatic carbocycles. The smallest absolute Gasteiger partial charge is 0.181 e. The quantitative estimate of drug-likeness (QED) is 0.754. The Morgan fingerprint density at radius 1 is 1.20 bits per heavy atom. The first-order valence-electron chi connectivity index (χ1n) is 5.38. The van der Waals surface area contributed by atoms with Crippen LogP contribution in [0.5, 0.6) is 0 Å². The summed E-state index contributed by atoms with van der Waals surface area (Å²) in [5, 5.41) is 0. The zero-order valence-corrected chi connectivity index (χ0v) is 8.94. The van der Waals surface area contributed by atoms with E-state index in [0.29, 0.717) is 0 Å². The van der Waals surface area contributed by atoms with E-state index in [2.05, 4.69) is 36.2 Å². The van der Waals surface area contributed by atoms with Crippen LogP contribution >= 0.6 is 0 Å². The second kappa shape index (κ2) is 4.78. The summed E-state index contributed by atoms with van der Waals surface area (Å²) in [5.41, 5.74) is 2.48. The number of benzene rings is 1. The molecule has 78 valence electrons. The zero-order valence-electron chi connectivity index (χ0n) is 8.94. The van der Waals surface area contributed by atoms with Crippen LogP contribution in [0.3, 0.4) is 0 Å². The fraction of sp³-hybridized carbons (Fsp3) is 0.308. The highest BCUT2D eigenvalue weighted by Gasteiger charge is 2.00. The zero-order chi connectivity index (χ0) is 10.5. The molecule has 0 aliphatic carbocycles. The number of hydrogen-bond acceptors (Lipinski definition) is 2. The summed E-state index contributed by atoms with van der Waals surface area (Å²) in [7, 11) is 0. The molecule has 1 aromatic heterocycles. The van der Waals surface area contributed by atoms with Crippen molar-refractivity contribution in [2.24, 2.45) is 0 Å².